The number of rotatable bonds is 6. The number of nitrogens with zero attached hydrogens (tertiary/aromatic N) is 3. The molecule has 0 amide bonds. The number of para-hydroxylation sites is 1. The van der Waals surface area contributed by atoms with Crippen molar-refractivity contribution in [1.29, 1.82) is 5.26 Å². The Morgan fingerprint density at radius 3 is 2.31 bits per heavy atom. The van der Waals surface area contributed by atoms with Gasteiger partial charge in [0, 0.05) is 32.7 Å². The van der Waals surface area contributed by atoms with E-state index in [1.807, 2.05) is 6.07 Å². The lowest BCUT2D eigenvalue weighted by molar-refractivity contribution is 0.158. The van der Waals surface area contributed by atoms with Crippen LogP contribution in [0, 0.1) is 11.3 Å². The van der Waals surface area contributed by atoms with E-state index in [9.17, 15) is 8.42 Å². The fourth-order valence-corrected chi connectivity index (χ4v) is 4.35. The van der Waals surface area contributed by atoms with E-state index in [1.165, 1.54) is 4.31 Å². The molecule has 1 saturated heterocycles. The zero-order valence-corrected chi connectivity index (χ0v) is 15.2. The van der Waals surface area contributed by atoms with Crippen molar-refractivity contribution in [3.8, 4) is 11.8 Å². The van der Waals surface area contributed by atoms with E-state index in [1.54, 1.807) is 48.5 Å². The minimum Gasteiger partial charge on any atom is -0.491 e. The Hall–Kier alpha value is -2.40. The van der Waals surface area contributed by atoms with Crippen molar-refractivity contribution in [3.05, 3.63) is 60.2 Å². The van der Waals surface area contributed by atoms with Crippen molar-refractivity contribution in [2.24, 2.45) is 0 Å². The maximum Gasteiger partial charge on any atom is 0.243 e. The summed E-state index contributed by atoms with van der Waals surface area (Å²) in [4.78, 5) is 2.51. The molecule has 2 aromatic carbocycles. The van der Waals surface area contributed by atoms with Gasteiger partial charge in [0.25, 0.3) is 0 Å². The van der Waals surface area contributed by atoms with Gasteiger partial charge in [-0.25, -0.2) is 8.42 Å². The molecule has 0 spiro atoms. The molecule has 0 aromatic heterocycles. The van der Waals surface area contributed by atoms with Crippen LogP contribution in [-0.4, -0.2) is 57.0 Å². The lowest BCUT2D eigenvalue weighted by Crippen LogP contribution is -2.49. The van der Waals surface area contributed by atoms with Gasteiger partial charge in [-0.3, -0.25) is 4.90 Å². The maximum absolute atomic E-state index is 12.6. The second-order valence-corrected chi connectivity index (χ2v) is 7.95. The zero-order valence-electron chi connectivity index (χ0n) is 14.4. The van der Waals surface area contributed by atoms with Crippen LogP contribution in [0.2, 0.25) is 0 Å². The van der Waals surface area contributed by atoms with Crippen LogP contribution < -0.4 is 4.74 Å². The second kappa shape index (κ2) is 8.32. The summed E-state index contributed by atoms with van der Waals surface area (Å²) in [5.74, 6) is 0.584. The molecule has 0 atom stereocenters. The van der Waals surface area contributed by atoms with Crippen molar-refractivity contribution in [3.63, 3.8) is 0 Å². The van der Waals surface area contributed by atoms with Crippen LogP contribution in [0.1, 0.15) is 5.56 Å². The molecule has 136 valence electrons. The molecule has 6 nitrogen and oxygen atoms in total. The molecule has 1 aliphatic rings. The van der Waals surface area contributed by atoms with Crippen LogP contribution >= 0.6 is 0 Å². The normalized spacial score (nSPS) is 16.1. The van der Waals surface area contributed by atoms with E-state index in [0.717, 1.165) is 0 Å². The Balaban J connectivity index is 1.49. The lowest BCUT2D eigenvalue weighted by Gasteiger charge is -2.33. The summed E-state index contributed by atoms with van der Waals surface area (Å²) in [6, 6.07) is 17.8. The first kappa shape index (κ1) is 18.4. The Labute approximate surface area is 154 Å². The Bertz CT molecular complexity index is 870. The standard InChI is InChI=1S/C19H21N3O3S/c20-16-17-6-4-5-9-19(17)25-15-14-21-10-12-22(13-11-21)26(23,24)18-7-2-1-3-8-18/h1-9H,10-15H2. The highest BCUT2D eigenvalue weighted by Gasteiger charge is 2.28. The molecule has 3 rings (SSSR count). The van der Waals surface area contributed by atoms with Gasteiger partial charge in [0.2, 0.25) is 10.0 Å². The molecule has 1 heterocycles. The number of hydrogen-bond acceptors (Lipinski definition) is 5. The van der Waals surface area contributed by atoms with Crippen molar-refractivity contribution in [1.82, 2.24) is 9.21 Å². The van der Waals surface area contributed by atoms with Crippen LogP contribution in [0.5, 0.6) is 5.75 Å². The third kappa shape index (κ3) is 4.22. The summed E-state index contributed by atoms with van der Waals surface area (Å²) in [5, 5.41) is 9.06. The Kier molecular flexibility index (Phi) is 5.89. The average molecular weight is 371 g/mol. The van der Waals surface area contributed by atoms with Crippen molar-refractivity contribution >= 4 is 10.0 Å². The monoisotopic (exact) mass is 371 g/mol. The van der Waals surface area contributed by atoms with Crippen molar-refractivity contribution in [2.75, 3.05) is 39.3 Å². The highest BCUT2D eigenvalue weighted by Crippen LogP contribution is 2.18. The number of benzene rings is 2. The van der Waals surface area contributed by atoms with E-state index < -0.39 is 10.0 Å². The first-order valence-electron chi connectivity index (χ1n) is 8.51. The third-order valence-corrected chi connectivity index (χ3v) is 6.30. The number of sulfonamides is 1. The molecular formula is C19H21N3O3S. The fourth-order valence-electron chi connectivity index (χ4n) is 2.90. The first-order valence-corrected chi connectivity index (χ1v) is 9.95. The molecule has 0 N–H and O–H groups in total. The van der Waals surface area contributed by atoms with E-state index in [4.69, 9.17) is 10.00 Å². The molecule has 7 heteroatoms. The maximum atomic E-state index is 12.6. The molecule has 1 fully saturated rings. The average Bonchev–Trinajstić information content (AvgIpc) is 2.69. The van der Waals surface area contributed by atoms with Crippen LogP contribution in [0.4, 0.5) is 0 Å². The van der Waals surface area contributed by atoms with Crippen LogP contribution in [0.25, 0.3) is 0 Å². The first-order chi connectivity index (χ1) is 12.6. The van der Waals surface area contributed by atoms with Crippen molar-refractivity contribution < 1.29 is 13.2 Å². The van der Waals surface area contributed by atoms with E-state index in [2.05, 4.69) is 11.0 Å². The van der Waals surface area contributed by atoms with Crippen LogP contribution in [0.15, 0.2) is 59.5 Å². The topological polar surface area (TPSA) is 73.6 Å². The molecule has 26 heavy (non-hydrogen) atoms. The van der Waals surface area contributed by atoms with Gasteiger partial charge in [-0.2, -0.15) is 9.57 Å². The van der Waals surface area contributed by atoms with Gasteiger partial charge in [0.05, 0.1) is 10.5 Å². The Morgan fingerprint density at radius 1 is 0.962 bits per heavy atom. The van der Waals surface area contributed by atoms with E-state index >= 15 is 0 Å². The largest absolute Gasteiger partial charge is 0.491 e. The zero-order chi connectivity index (χ0) is 18.4. The van der Waals surface area contributed by atoms with E-state index in [-0.39, 0.29) is 0 Å². The fraction of sp³-hybridized carbons (Fsp3) is 0.316. The smallest absolute Gasteiger partial charge is 0.243 e. The summed E-state index contributed by atoms with van der Waals surface area (Å²) in [6.07, 6.45) is 0. The van der Waals surface area contributed by atoms with Crippen LogP contribution in [0.3, 0.4) is 0 Å². The van der Waals surface area contributed by atoms with Gasteiger partial charge in [0.15, 0.2) is 0 Å². The van der Waals surface area contributed by atoms with Gasteiger partial charge in [-0.15, -0.1) is 0 Å². The van der Waals surface area contributed by atoms with E-state index in [0.29, 0.717) is 55.5 Å². The van der Waals surface area contributed by atoms with Gasteiger partial charge in [-0.05, 0) is 24.3 Å². The number of piperazine rings is 1. The molecular weight excluding hydrogens is 350 g/mol. The summed E-state index contributed by atoms with van der Waals surface area (Å²) in [6.45, 7) is 3.41. The molecule has 0 radical (unpaired) electrons. The Morgan fingerprint density at radius 2 is 1.62 bits per heavy atom. The number of ether oxygens (including phenoxy) is 1. The molecule has 0 unspecified atom stereocenters. The minimum atomic E-state index is -3.42. The second-order valence-electron chi connectivity index (χ2n) is 6.02. The third-order valence-electron chi connectivity index (χ3n) is 4.38. The van der Waals surface area contributed by atoms with Gasteiger partial charge in [0.1, 0.15) is 18.4 Å². The summed E-state index contributed by atoms with van der Waals surface area (Å²) in [7, 11) is -3.42. The summed E-state index contributed by atoms with van der Waals surface area (Å²) >= 11 is 0. The molecule has 0 aliphatic carbocycles. The van der Waals surface area contributed by atoms with Gasteiger partial charge >= 0.3 is 0 Å². The van der Waals surface area contributed by atoms with Crippen LogP contribution in [-0.2, 0) is 10.0 Å². The predicted octanol–water partition coefficient (Wildman–Crippen LogP) is 1.94. The highest BCUT2D eigenvalue weighted by atomic mass is 32.2. The molecule has 0 saturated carbocycles. The SMILES string of the molecule is N#Cc1ccccc1OCCN1CCN(S(=O)(=O)c2ccccc2)CC1. The molecule has 1 aliphatic heterocycles. The summed E-state index contributed by atoms with van der Waals surface area (Å²) < 4.78 is 32.5. The highest BCUT2D eigenvalue weighted by molar-refractivity contribution is 7.89. The summed E-state index contributed by atoms with van der Waals surface area (Å²) in [5.41, 5.74) is 0.520. The quantitative estimate of drug-likeness (QED) is 0.776. The minimum absolute atomic E-state index is 0.338. The lowest BCUT2D eigenvalue weighted by atomic mass is 10.2. The van der Waals surface area contributed by atoms with Crippen molar-refractivity contribution in [2.45, 2.75) is 4.90 Å². The predicted molar refractivity (Wildman–Crippen MR) is 98.3 cm³/mol. The van der Waals surface area contributed by atoms with Gasteiger partial charge < -0.3 is 4.74 Å². The molecule has 0 bridgehead atoms. The number of hydrogen-bond donors (Lipinski definition) is 0. The van der Waals surface area contributed by atoms with Gasteiger partial charge in [-0.1, -0.05) is 30.3 Å². The molecule has 2 aromatic rings. The number of nitriles is 1.